The Morgan fingerprint density at radius 2 is 2.06 bits per heavy atom. The van der Waals surface area contributed by atoms with Crippen LogP contribution in [0.15, 0.2) is 22.8 Å². The predicted molar refractivity (Wildman–Crippen MR) is 76.0 cm³/mol. The quantitative estimate of drug-likeness (QED) is 0.789. The number of aromatic nitrogens is 1. The number of aryl methyl sites for hydroxylation is 1. The van der Waals surface area contributed by atoms with E-state index in [2.05, 4.69) is 35.8 Å². The minimum absolute atomic E-state index is 0.298. The van der Waals surface area contributed by atoms with E-state index in [1.807, 2.05) is 23.9 Å². The summed E-state index contributed by atoms with van der Waals surface area (Å²) in [5, 5.41) is 0.933. The van der Waals surface area contributed by atoms with E-state index in [1.54, 1.807) is 0 Å². The molecule has 0 bridgehead atoms. The number of carbonyl (C=O) groups excluding carboxylic acids is 1. The van der Waals surface area contributed by atoms with E-state index < -0.39 is 0 Å². The highest BCUT2D eigenvalue weighted by atomic mass is 79.9. The molecule has 1 heterocycles. The molecule has 4 heteroatoms. The Morgan fingerprint density at radius 1 is 1.39 bits per heavy atom. The second-order valence-electron chi connectivity index (χ2n) is 4.69. The molecule has 0 saturated heterocycles. The molecule has 0 aliphatic carbocycles. The van der Waals surface area contributed by atoms with Gasteiger partial charge in [-0.1, -0.05) is 29.8 Å². The largest absolute Gasteiger partial charge is 0.465 e. The van der Waals surface area contributed by atoms with Crippen molar-refractivity contribution in [2.75, 3.05) is 7.11 Å². The van der Waals surface area contributed by atoms with E-state index in [9.17, 15) is 4.79 Å². The number of rotatable bonds is 2. The first kappa shape index (κ1) is 13.1. The number of benzene rings is 1. The fraction of sp³-hybridized carbons (Fsp3) is 0.357. The van der Waals surface area contributed by atoms with Crippen molar-refractivity contribution in [3.63, 3.8) is 0 Å². The Morgan fingerprint density at radius 3 is 2.61 bits per heavy atom. The van der Waals surface area contributed by atoms with Gasteiger partial charge in [-0.25, -0.2) is 4.79 Å². The van der Waals surface area contributed by atoms with Gasteiger partial charge in [-0.3, -0.25) is 0 Å². The lowest BCUT2D eigenvalue weighted by Gasteiger charge is -2.10. The molecule has 18 heavy (non-hydrogen) atoms. The number of ether oxygens (including phenoxy) is 1. The second kappa shape index (κ2) is 4.76. The van der Waals surface area contributed by atoms with Gasteiger partial charge in [-0.15, -0.1) is 0 Å². The normalized spacial score (nSPS) is 11.2. The summed E-state index contributed by atoms with van der Waals surface area (Å²) in [6.07, 6.45) is 1.83. The monoisotopic (exact) mass is 309 g/mol. The Hall–Kier alpha value is -1.29. The molecule has 96 valence electrons. The van der Waals surface area contributed by atoms with Crippen molar-refractivity contribution in [3.8, 4) is 0 Å². The molecule has 1 aromatic heterocycles. The highest BCUT2D eigenvalue weighted by Crippen LogP contribution is 2.32. The van der Waals surface area contributed by atoms with Crippen LogP contribution in [0.2, 0.25) is 0 Å². The van der Waals surface area contributed by atoms with Crippen molar-refractivity contribution in [1.82, 2.24) is 4.57 Å². The van der Waals surface area contributed by atoms with Crippen molar-refractivity contribution >= 4 is 32.8 Å². The topological polar surface area (TPSA) is 31.2 Å². The maximum absolute atomic E-state index is 11.8. The molecule has 0 saturated carbocycles. The Labute approximate surface area is 115 Å². The summed E-state index contributed by atoms with van der Waals surface area (Å²) in [6, 6.07) is 4.07. The molecule has 0 unspecified atom stereocenters. The van der Waals surface area contributed by atoms with Gasteiger partial charge in [0.25, 0.3) is 0 Å². The van der Waals surface area contributed by atoms with Crippen LogP contribution in [-0.4, -0.2) is 17.6 Å². The van der Waals surface area contributed by atoms with Gasteiger partial charge in [-0.05, 0) is 23.6 Å². The summed E-state index contributed by atoms with van der Waals surface area (Å²) in [5.41, 5.74) is 2.92. The number of nitrogens with zero attached hydrogens (tertiary/aromatic N) is 1. The van der Waals surface area contributed by atoms with Crippen LogP contribution in [0.4, 0.5) is 0 Å². The summed E-state index contributed by atoms with van der Waals surface area (Å²) in [6.45, 7) is 4.29. The lowest BCUT2D eigenvalue weighted by atomic mass is 9.99. The van der Waals surface area contributed by atoms with Gasteiger partial charge in [0.2, 0.25) is 0 Å². The number of esters is 1. The predicted octanol–water partition coefficient (Wildman–Crippen LogP) is 3.85. The van der Waals surface area contributed by atoms with Crippen LogP contribution in [0.5, 0.6) is 0 Å². The Balaban J connectivity index is 2.83. The maximum atomic E-state index is 11.8. The average molecular weight is 310 g/mol. The van der Waals surface area contributed by atoms with Gasteiger partial charge >= 0.3 is 5.97 Å². The standard InChI is InChI=1S/C14H16BrNO2/c1-8(2)10-5-9(15)6-11-12(14(17)18-4)7-16(3)13(10)11/h5-8H,1-4H3. The number of methoxy groups -OCH3 is 1. The molecule has 2 rings (SSSR count). The van der Waals surface area contributed by atoms with Crippen LogP contribution in [0.25, 0.3) is 10.9 Å². The van der Waals surface area contributed by atoms with Gasteiger partial charge in [0.15, 0.2) is 0 Å². The van der Waals surface area contributed by atoms with E-state index in [4.69, 9.17) is 4.74 Å². The highest BCUT2D eigenvalue weighted by Gasteiger charge is 2.18. The summed E-state index contributed by atoms with van der Waals surface area (Å²) < 4.78 is 7.80. The summed E-state index contributed by atoms with van der Waals surface area (Å²) in [7, 11) is 3.36. The highest BCUT2D eigenvalue weighted by molar-refractivity contribution is 9.10. The summed E-state index contributed by atoms with van der Waals surface area (Å²) >= 11 is 3.50. The van der Waals surface area contributed by atoms with E-state index in [0.29, 0.717) is 11.5 Å². The number of halogens is 1. The van der Waals surface area contributed by atoms with Crippen LogP contribution in [0.1, 0.15) is 35.7 Å². The number of hydrogen-bond donors (Lipinski definition) is 0. The zero-order chi connectivity index (χ0) is 13.4. The molecule has 0 N–H and O–H groups in total. The lowest BCUT2D eigenvalue weighted by molar-refractivity contribution is 0.0603. The number of hydrogen-bond acceptors (Lipinski definition) is 2. The smallest absolute Gasteiger partial charge is 0.340 e. The van der Waals surface area contributed by atoms with E-state index in [-0.39, 0.29) is 5.97 Å². The first-order valence-electron chi connectivity index (χ1n) is 5.82. The molecule has 2 aromatic rings. The molecule has 0 amide bonds. The number of fused-ring (bicyclic) bond motifs is 1. The molecule has 0 spiro atoms. The zero-order valence-corrected chi connectivity index (χ0v) is 12.5. The minimum Gasteiger partial charge on any atom is -0.465 e. The summed E-state index contributed by atoms with van der Waals surface area (Å²) in [5.74, 6) is 0.0949. The van der Waals surface area contributed by atoms with Crippen molar-refractivity contribution < 1.29 is 9.53 Å². The van der Waals surface area contributed by atoms with Gasteiger partial charge < -0.3 is 9.30 Å². The van der Waals surface area contributed by atoms with Gasteiger partial charge in [0, 0.05) is 23.1 Å². The average Bonchev–Trinajstić information content (AvgIpc) is 2.64. The fourth-order valence-electron chi connectivity index (χ4n) is 2.26. The van der Waals surface area contributed by atoms with Gasteiger partial charge in [0.05, 0.1) is 18.2 Å². The van der Waals surface area contributed by atoms with Crippen LogP contribution in [0.3, 0.4) is 0 Å². The molecule has 0 atom stereocenters. The molecule has 0 aliphatic heterocycles. The van der Waals surface area contributed by atoms with Crippen molar-refractivity contribution in [2.24, 2.45) is 7.05 Å². The van der Waals surface area contributed by atoms with Crippen LogP contribution in [0, 0.1) is 0 Å². The fourth-order valence-corrected chi connectivity index (χ4v) is 2.74. The third-order valence-corrected chi connectivity index (χ3v) is 3.55. The molecule has 0 radical (unpaired) electrons. The van der Waals surface area contributed by atoms with Crippen LogP contribution in [-0.2, 0) is 11.8 Å². The summed E-state index contributed by atoms with van der Waals surface area (Å²) in [4.78, 5) is 11.8. The second-order valence-corrected chi connectivity index (χ2v) is 5.61. The van der Waals surface area contributed by atoms with E-state index >= 15 is 0 Å². The lowest BCUT2D eigenvalue weighted by Crippen LogP contribution is -1.99. The molecular formula is C14H16BrNO2. The number of carbonyl (C=O) groups is 1. The zero-order valence-electron chi connectivity index (χ0n) is 11.0. The maximum Gasteiger partial charge on any atom is 0.340 e. The molecule has 0 fully saturated rings. The molecular weight excluding hydrogens is 294 g/mol. The Kier molecular flexibility index (Phi) is 3.48. The van der Waals surface area contributed by atoms with Crippen LogP contribution >= 0.6 is 15.9 Å². The molecule has 3 nitrogen and oxygen atoms in total. The van der Waals surface area contributed by atoms with E-state index in [0.717, 1.165) is 15.4 Å². The molecule has 0 aliphatic rings. The third kappa shape index (κ3) is 2.05. The Bertz CT molecular complexity index is 614. The van der Waals surface area contributed by atoms with Crippen molar-refractivity contribution in [2.45, 2.75) is 19.8 Å². The van der Waals surface area contributed by atoms with Gasteiger partial charge in [-0.2, -0.15) is 0 Å². The first-order valence-corrected chi connectivity index (χ1v) is 6.61. The van der Waals surface area contributed by atoms with Crippen LogP contribution < -0.4 is 0 Å². The van der Waals surface area contributed by atoms with Gasteiger partial charge in [0.1, 0.15) is 0 Å². The minimum atomic E-state index is -0.298. The van der Waals surface area contributed by atoms with Crippen molar-refractivity contribution in [3.05, 3.63) is 33.9 Å². The SMILES string of the molecule is COC(=O)c1cn(C)c2c(C(C)C)cc(Br)cc12. The van der Waals surface area contributed by atoms with E-state index in [1.165, 1.54) is 12.7 Å². The molecule has 1 aromatic carbocycles. The van der Waals surface area contributed by atoms with Crippen molar-refractivity contribution in [1.29, 1.82) is 0 Å². The third-order valence-electron chi connectivity index (χ3n) is 3.10. The first-order chi connectivity index (χ1) is 8.45.